The van der Waals surface area contributed by atoms with E-state index in [1.807, 2.05) is 43.3 Å². The van der Waals surface area contributed by atoms with Gasteiger partial charge in [0.25, 0.3) is 5.91 Å². The monoisotopic (exact) mass is 371 g/mol. The quantitative estimate of drug-likeness (QED) is 0.573. The van der Waals surface area contributed by atoms with E-state index in [-0.39, 0.29) is 5.91 Å². The zero-order valence-corrected chi connectivity index (χ0v) is 15.1. The number of benzene rings is 3. The molecule has 0 bridgehead atoms. The van der Waals surface area contributed by atoms with E-state index in [4.69, 9.17) is 4.74 Å². The van der Waals surface area contributed by atoms with Gasteiger partial charge in [0.2, 0.25) is 0 Å². The largest absolute Gasteiger partial charge is 0.457 e. The topological polar surface area (TPSA) is 81.9 Å². The Morgan fingerprint density at radius 1 is 0.964 bits per heavy atom. The first-order chi connectivity index (χ1) is 13.7. The smallest absolute Gasteiger partial charge is 0.255 e. The van der Waals surface area contributed by atoms with Crippen LogP contribution in [-0.2, 0) is 0 Å². The van der Waals surface area contributed by atoms with Crippen molar-refractivity contribution in [3.05, 3.63) is 90.3 Å². The number of aryl methyl sites for hydroxylation is 1. The Morgan fingerprint density at radius 2 is 1.75 bits per heavy atom. The number of hydrogen-bond acceptors (Lipinski definition) is 5. The molecule has 0 aliphatic carbocycles. The average Bonchev–Trinajstić information content (AvgIpc) is 3.24. The molecule has 4 aromatic rings. The van der Waals surface area contributed by atoms with E-state index in [2.05, 4.69) is 20.8 Å². The lowest BCUT2D eigenvalue weighted by atomic mass is 10.2. The van der Waals surface area contributed by atoms with Gasteiger partial charge >= 0.3 is 0 Å². The molecule has 4 rings (SSSR count). The number of tetrazole rings is 1. The van der Waals surface area contributed by atoms with Crippen molar-refractivity contribution in [2.45, 2.75) is 6.92 Å². The average molecular weight is 371 g/mol. The van der Waals surface area contributed by atoms with Crippen LogP contribution in [0.25, 0.3) is 5.69 Å². The van der Waals surface area contributed by atoms with Gasteiger partial charge in [-0.15, -0.1) is 5.10 Å². The van der Waals surface area contributed by atoms with Crippen molar-refractivity contribution in [3.8, 4) is 17.2 Å². The van der Waals surface area contributed by atoms with Gasteiger partial charge in [0.1, 0.15) is 17.8 Å². The summed E-state index contributed by atoms with van der Waals surface area (Å²) in [6.45, 7) is 2.01. The molecular formula is C21H17N5O2. The Bertz CT molecular complexity index is 1070. The number of nitrogens with one attached hydrogen (secondary N) is 1. The van der Waals surface area contributed by atoms with Crippen LogP contribution in [0.2, 0.25) is 0 Å². The van der Waals surface area contributed by atoms with Gasteiger partial charge in [-0.3, -0.25) is 4.79 Å². The van der Waals surface area contributed by atoms with Gasteiger partial charge in [0, 0.05) is 11.3 Å². The number of hydrogen-bond donors (Lipinski definition) is 1. The SMILES string of the molecule is Cc1cccc(Oc2ccc(NC(=O)c3ccc(-n4cnnn4)cc3)cc2)c1. The summed E-state index contributed by atoms with van der Waals surface area (Å²) in [5, 5.41) is 13.9. The van der Waals surface area contributed by atoms with E-state index in [1.165, 1.54) is 11.0 Å². The molecule has 1 aromatic heterocycles. The van der Waals surface area contributed by atoms with Crippen LogP contribution >= 0.6 is 0 Å². The highest BCUT2D eigenvalue weighted by molar-refractivity contribution is 6.04. The number of aromatic nitrogens is 4. The number of carbonyl (C=O) groups is 1. The van der Waals surface area contributed by atoms with Gasteiger partial charge in [-0.25, -0.2) is 4.68 Å². The fourth-order valence-electron chi connectivity index (χ4n) is 2.67. The molecule has 0 saturated carbocycles. The highest BCUT2D eigenvalue weighted by Crippen LogP contribution is 2.24. The Hall–Kier alpha value is -4.00. The second-order valence-corrected chi connectivity index (χ2v) is 6.20. The van der Waals surface area contributed by atoms with Gasteiger partial charge in [0.05, 0.1) is 5.69 Å². The van der Waals surface area contributed by atoms with Crippen molar-refractivity contribution < 1.29 is 9.53 Å². The first-order valence-corrected chi connectivity index (χ1v) is 8.67. The molecule has 1 N–H and O–H groups in total. The molecule has 0 fully saturated rings. The van der Waals surface area contributed by atoms with E-state index in [1.54, 1.807) is 36.4 Å². The van der Waals surface area contributed by atoms with E-state index >= 15 is 0 Å². The Labute approximate surface area is 161 Å². The molecule has 0 aliphatic rings. The van der Waals surface area contributed by atoms with Gasteiger partial charge in [0.15, 0.2) is 0 Å². The highest BCUT2D eigenvalue weighted by atomic mass is 16.5. The summed E-state index contributed by atoms with van der Waals surface area (Å²) < 4.78 is 7.34. The van der Waals surface area contributed by atoms with Crippen LogP contribution in [0.4, 0.5) is 5.69 Å². The van der Waals surface area contributed by atoms with Gasteiger partial charge in [-0.1, -0.05) is 12.1 Å². The van der Waals surface area contributed by atoms with Crippen molar-refractivity contribution in [2.24, 2.45) is 0 Å². The molecule has 28 heavy (non-hydrogen) atoms. The maximum absolute atomic E-state index is 12.4. The number of rotatable bonds is 5. The summed E-state index contributed by atoms with van der Waals surface area (Å²) in [5.41, 5.74) is 3.13. The maximum Gasteiger partial charge on any atom is 0.255 e. The van der Waals surface area contributed by atoms with Crippen LogP contribution in [0.1, 0.15) is 15.9 Å². The summed E-state index contributed by atoms with van der Waals surface area (Å²) in [4.78, 5) is 12.4. The molecule has 0 aliphatic heterocycles. The number of carbonyl (C=O) groups excluding carboxylic acids is 1. The van der Waals surface area contributed by atoms with Crippen LogP contribution in [0.15, 0.2) is 79.1 Å². The zero-order chi connectivity index (χ0) is 19.3. The van der Waals surface area contributed by atoms with Crippen LogP contribution in [0, 0.1) is 6.92 Å². The number of ether oxygens (including phenoxy) is 1. The Kier molecular flexibility index (Phi) is 4.79. The maximum atomic E-state index is 12.4. The van der Waals surface area contributed by atoms with Crippen molar-refractivity contribution in [1.82, 2.24) is 20.2 Å². The van der Waals surface area contributed by atoms with Gasteiger partial charge < -0.3 is 10.1 Å². The second kappa shape index (κ2) is 7.71. The van der Waals surface area contributed by atoms with E-state index in [9.17, 15) is 4.79 Å². The molecular weight excluding hydrogens is 354 g/mol. The fourth-order valence-corrected chi connectivity index (χ4v) is 2.67. The molecule has 0 atom stereocenters. The lowest BCUT2D eigenvalue weighted by molar-refractivity contribution is 0.102. The third-order valence-corrected chi connectivity index (χ3v) is 4.08. The molecule has 0 unspecified atom stereocenters. The molecule has 3 aromatic carbocycles. The lowest BCUT2D eigenvalue weighted by Gasteiger charge is -2.09. The summed E-state index contributed by atoms with van der Waals surface area (Å²) >= 11 is 0. The van der Waals surface area contributed by atoms with E-state index in [0.717, 1.165) is 17.0 Å². The summed E-state index contributed by atoms with van der Waals surface area (Å²) in [6.07, 6.45) is 1.50. The third kappa shape index (κ3) is 4.04. The molecule has 0 radical (unpaired) electrons. The minimum absolute atomic E-state index is 0.199. The summed E-state index contributed by atoms with van der Waals surface area (Å²) in [5.74, 6) is 1.28. The van der Waals surface area contributed by atoms with Crippen LogP contribution in [0.5, 0.6) is 11.5 Å². The van der Waals surface area contributed by atoms with Crippen molar-refractivity contribution in [3.63, 3.8) is 0 Å². The minimum Gasteiger partial charge on any atom is -0.457 e. The fraction of sp³-hybridized carbons (Fsp3) is 0.0476. The first kappa shape index (κ1) is 17.4. The molecule has 138 valence electrons. The molecule has 7 heteroatoms. The lowest BCUT2D eigenvalue weighted by Crippen LogP contribution is -2.11. The predicted molar refractivity (Wildman–Crippen MR) is 105 cm³/mol. The van der Waals surface area contributed by atoms with E-state index < -0.39 is 0 Å². The number of amides is 1. The first-order valence-electron chi connectivity index (χ1n) is 8.67. The van der Waals surface area contributed by atoms with Crippen LogP contribution in [0.3, 0.4) is 0 Å². The van der Waals surface area contributed by atoms with Crippen molar-refractivity contribution in [1.29, 1.82) is 0 Å². The second-order valence-electron chi connectivity index (χ2n) is 6.20. The summed E-state index contributed by atoms with van der Waals surface area (Å²) in [6, 6.07) is 22.1. The van der Waals surface area contributed by atoms with Gasteiger partial charge in [-0.2, -0.15) is 0 Å². The Balaban J connectivity index is 1.40. The predicted octanol–water partition coefficient (Wildman–Crippen LogP) is 4.02. The Morgan fingerprint density at radius 3 is 2.43 bits per heavy atom. The number of nitrogens with zero attached hydrogens (tertiary/aromatic N) is 4. The standard InChI is InChI=1S/C21H17N5O2/c1-15-3-2-4-20(13-15)28-19-11-7-17(8-12-19)23-21(27)16-5-9-18(10-6-16)26-14-22-24-25-26/h2-14H,1H3,(H,23,27). The third-order valence-electron chi connectivity index (χ3n) is 4.08. The van der Waals surface area contributed by atoms with Gasteiger partial charge in [-0.05, 0) is 83.6 Å². The van der Waals surface area contributed by atoms with Crippen LogP contribution in [-0.4, -0.2) is 26.1 Å². The molecule has 0 saturated heterocycles. The molecule has 1 amide bonds. The minimum atomic E-state index is -0.199. The van der Waals surface area contributed by atoms with Crippen LogP contribution < -0.4 is 10.1 Å². The highest BCUT2D eigenvalue weighted by Gasteiger charge is 2.07. The normalized spacial score (nSPS) is 10.5. The summed E-state index contributed by atoms with van der Waals surface area (Å²) in [7, 11) is 0. The zero-order valence-electron chi connectivity index (χ0n) is 15.1. The van der Waals surface area contributed by atoms with Crippen molar-refractivity contribution in [2.75, 3.05) is 5.32 Å². The molecule has 0 spiro atoms. The van der Waals surface area contributed by atoms with E-state index in [0.29, 0.717) is 17.0 Å². The van der Waals surface area contributed by atoms with Crippen molar-refractivity contribution >= 4 is 11.6 Å². The molecule has 7 nitrogen and oxygen atoms in total. The molecule has 1 heterocycles. The number of anilines is 1.